The summed E-state index contributed by atoms with van der Waals surface area (Å²) in [5.41, 5.74) is 8.42. The third-order valence-electron chi connectivity index (χ3n) is 4.83. The number of nitrogens with zero attached hydrogens (tertiary/aromatic N) is 1. The summed E-state index contributed by atoms with van der Waals surface area (Å²) in [5, 5.41) is 0.354. The number of nitrogens with two attached hydrogens (primary N) is 1. The lowest BCUT2D eigenvalue weighted by Crippen LogP contribution is -2.29. The Labute approximate surface area is 164 Å². The summed E-state index contributed by atoms with van der Waals surface area (Å²) in [5.74, 6) is -0.0240. The number of esters is 1. The van der Waals surface area contributed by atoms with Crippen molar-refractivity contribution in [2.24, 2.45) is 11.7 Å². The molecule has 2 N–H and O–H groups in total. The van der Waals surface area contributed by atoms with Gasteiger partial charge in [0.25, 0.3) is 5.91 Å². The van der Waals surface area contributed by atoms with Crippen molar-refractivity contribution in [2.45, 2.75) is 13.3 Å². The van der Waals surface area contributed by atoms with Crippen molar-refractivity contribution in [2.75, 3.05) is 26.2 Å². The summed E-state index contributed by atoms with van der Waals surface area (Å²) >= 11 is 6.12. The number of halogens is 1. The van der Waals surface area contributed by atoms with Crippen LogP contribution in [0.5, 0.6) is 0 Å². The Hall–Kier alpha value is -2.37. The molecule has 1 amide bonds. The molecule has 6 heteroatoms. The molecule has 142 valence electrons. The standard InChI is InChI=1S/C21H23ClN2O3/c1-2-27-21(26)18-11-17(7-8-19(18)22)15-3-5-16(6-4-15)20(25)24-10-9-14(12-23)13-24/h3-8,11,14H,2,9-10,12-13,23H2,1H3/t14-/m0/s1. The van der Waals surface area contributed by atoms with Gasteiger partial charge >= 0.3 is 5.97 Å². The number of hydrogen-bond acceptors (Lipinski definition) is 4. The van der Waals surface area contributed by atoms with E-state index in [0.717, 1.165) is 30.6 Å². The van der Waals surface area contributed by atoms with Gasteiger partial charge in [-0.15, -0.1) is 0 Å². The second-order valence-electron chi connectivity index (χ2n) is 6.63. The fourth-order valence-corrected chi connectivity index (χ4v) is 3.46. The molecule has 0 aromatic heterocycles. The van der Waals surface area contributed by atoms with Crippen LogP contribution in [0.1, 0.15) is 34.1 Å². The molecule has 1 heterocycles. The molecule has 1 fully saturated rings. The Morgan fingerprint density at radius 1 is 1.19 bits per heavy atom. The first-order chi connectivity index (χ1) is 13.0. The number of ether oxygens (including phenoxy) is 1. The Kier molecular flexibility index (Phi) is 6.14. The second kappa shape index (κ2) is 8.55. The first-order valence-corrected chi connectivity index (χ1v) is 9.47. The van der Waals surface area contributed by atoms with Crippen LogP contribution in [0.4, 0.5) is 0 Å². The lowest BCUT2D eigenvalue weighted by molar-refractivity contribution is 0.0526. The van der Waals surface area contributed by atoms with E-state index >= 15 is 0 Å². The molecule has 3 rings (SSSR count). The summed E-state index contributed by atoms with van der Waals surface area (Å²) in [6, 6.07) is 12.6. The van der Waals surface area contributed by atoms with E-state index in [4.69, 9.17) is 22.1 Å². The average molecular weight is 387 g/mol. The number of rotatable bonds is 5. The molecule has 1 aliphatic rings. The maximum absolute atomic E-state index is 12.6. The number of amides is 1. The van der Waals surface area contributed by atoms with Crippen LogP contribution in [0.3, 0.4) is 0 Å². The molecule has 0 spiro atoms. The summed E-state index contributed by atoms with van der Waals surface area (Å²) < 4.78 is 5.04. The smallest absolute Gasteiger partial charge is 0.339 e. The monoisotopic (exact) mass is 386 g/mol. The molecule has 0 unspecified atom stereocenters. The van der Waals surface area contributed by atoms with Crippen LogP contribution < -0.4 is 5.73 Å². The van der Waals surface area contributed by atoms with Gasteiger partial charge in [-0.25, -0.2) is 4.79 Å². The Morgan fingerprint density at radius 2 is 1.89 bits per heavy atom. The number of carbonyl (C=O) groups excluding carboxylic acids is 2. The molecule has 1 atom stereocenters. The van der Waals surface area contributed by atoms with Crippen molar-refractivity contribution in [1.29, 1.82) is 0 Å². The van der Waals surface area contributed by atoms with E-state index in [1.54, 1.807) is 19.1 Å². The van der Waals surface area contributed by atoms with Crippen molar-refractivity contribution in [3.8, 4) is 11.1 Å². The Bertz CT molecular complexity index is 836. The minimum atomic E-state index is -0.445. The van der Waals surface area contributed by atoms with Crippen LogP contribution in [-0.2, 0) is 4.74 Å². The van der Waals surface area contributed by atoms with E-state index in [9.17, 15) is 9.59 Å². The lowest BCUT2D eigenvalue weighted by Gasteiger charge is -2.16. The lowest BCUT2D eigenvalue weighted by atomic mass is 10.0. The van der Waals surface area contributed by atoms with Crippen LogP contribution in [-0.4, -0.2) is 43.0 Å². The van der Waals surface area contributed by atoms with Gasteiger partial charge in [-0.05, 0) is 61.2 Å². The van der Waals surface area contributed by atoms with E-state index < -0.39 is 5.97 Å². The third kappa shape index (κ3) is 4.31. The van der Waals surface area contributed by atoms with Gasteiger partial charge < -0.3 is 15.4 Å². The van der Waals surface area contributed by atoms with Gasteiger partial charge in [-0.2, -0.15) is 0 Å². The largest absolute Gasteiger partial charge is 0.462 e. The van der Waals surface area contributed by atoms with E-state index in [1.807, 2.05) is 35.2 Å². The normalized spacial score (nSPS) is 16.4. The molecule has 0 radical (unpaired) electrons. The average Bonchev–Trinajstić information content (AvgIpc) is 3.17. The van der Waals surface area contributed by atoms with Crippen LogP contribution >= 0.6 is 11.6 Å². The molecular formula is C21H23ClN2O3. The molecule has 1 saturated heterocycles. The Balaban J connectivity index is 1.78. The van der Waals surface area contributed by atoms with E-state index in [1.165, 1.54) is 0 Å². The predicted octanol–water partition coefficient (Wildman–Crippen LogP) is 3.60. The van der Waals surface area contributed by atoms with Crippen LogP contribution in [0.15, 0.2) is 42.5 Å². The highest BCUT2D eigenvalue weighted by Crippen LogP contribution is 2.27. The predicted molar refractivity (Wildman–Crippen MR) is 106 cm³/mol. The van der Waals surface area contributed by atoms with Crippen LogP contribution in [0.2, 0.25) is 5.02 Å². The molecule has 2 aromatic carbocycles. The molecule has 0 aliphatic carbocycles. The number of benzene rings is 2. The van der Waals surface area contributed by atoms with E-state index in [0.29, 0.717) is 28.6 Å². The minimum Gasteiger partial charge on any atom is -0.462 e. The SMILES string of the molecule is CCOC(=O)c1cc(-c2ccc(C(=O)N3CC[C@@H](CN)C3)cc2)ccc1Cl. The zero-order valence-corrected chi connectivity index (χ0v) is 16.0. The van der Waals surface area contributed by atoms with Crippen molar-refractivity contribution in [3.05, 3.63) is 58.6 Å². The summed E-state index contributed by atoms with van der Waals surface area (Å²) in [6.45, 7) is 4.13. The number of carbonyl (C=O) groups is 2. The fraction of sp³-hybridized carbons (Fsp3) is 0.333. The highest BCUT2D eigenvalue weighted by atomic mass is 35.5. The minimum absolute atomic E-state index is 0.0285. The maximum Gasteiger partial charge on any atom is 0.339 e. The fourth-order valence-electron chi connectivity index (χ4n) is 3.27. The van der Waals surface area contributed by atoms with Gasteiger partial charge in [0.1, 0.15) is 0 Å². The number of hydrogen-bond donors (Lipinski definition) is 1. The van der Waals surface area contributed by atoms with Crippen LogP contribution in [0.25, 0.3) is 11.1 Å². The molecule has 27 heavy (non-hydrogen) atoms. The molecular weight excluding hydrogens is 364 g/mol. The quantitative estimate of drug-likeness (QED) is 0.797. The zero-order valence-electron chi connectivity index (χ0n) is 15.3. The van der Waals surface area contributed by atoms with E-state index in [-0.39, 0.29) is 12.5 Å². The van der Waals surface area contributed by atoms with E-state index in [2.05, 4.69) is 0 Å². The Morgan fingerprint density at radius 3 is 2.52 bits per heavy atom. The van der Waals surface area contributed by atoms with Gasteiger partial charge in [-0.3, -0.25) is 4.79 Å². The summed E-state index contributed by atoms with van der Waals surface area (Å²) in [6.07, 6.45) is 0.960. The van der Waals surface area contributed by atoms with Gasteiger partial charge in [0.2, 0.25) is 0 Å². The molecule has 0 bridgehead atoms. The van der Waals surface area contributed by atoms with Crippen molar-refractivity contribution in [3.63, 3.8) is 0 Å². The van der Waals surface area contributed by atoms with Crippen molar-refractivity contribution in [1.82, 2.24) is 4.90 Å². The van der Waals surface area contributed by atoms with Crippen molar-refractivity contribution < 1.29 is 14.3 Å². The molecule has 2 aromatic rings. The maximum atomic E-state index is 12.6. The topological polar surface area (TPSA) is 72.6 Å². The molecule has 0 saturated carbocycles. The second-order valence-corrected chi connectivity index (χ2v) is 7.04. The zero-order chi connectivity index (χ0) is 19.4. The van der Waals surface area contributed by atoms with Crippen LogP contribution in [0, 0.1) is 5.92 Å². The summed E-state index contributed by atoms with van der Waals surface area (Å²) in [4.78, 5) is 26.5. The third-order valence-corrected chi connectivity index (χ3v) is 5.16. The first-order valence-electron chi connectivity index (χ1n) is 9.10. The molecule has 5 nitrogen and oxygen atoms in total. The van der Waals surface area contributed by atoms with Gasteiger partial charge in [-0.1, -0.05) is 29.8 Å². The van der Waals surface area contributed by atoms with Crippen molar-refractivity contribution >= 4 is 23.5 Å². The van der Waals surface area contributed by atoms with Gasteiger partial charge in [0, 0.05) is 18.7 Å². The van der Waals surface area contributed by atoms with Gasteiger partial charge in [0.05, 0.1) is 17.2 Å². The highest BCUT2D eigenvalue weighted by Gasteiger charge is 2.25. The summed E-state index contributed by atoms with van der Waals surface area (Å²) in [7, 11) is 0. The number of likely N-dealkylation sites (tertiary alicyclic amines) is 1. The first kappa shape index (κ1) is 19.4. The highest BCUT2D eigenvalue weighted by molar-refractivity contribution is 6.33. The van der Waals surface area contributed by atoms with Gasteiger partial charge in [0.15, 0.2) is 0 Å². The molecule has 1 aliphatic heterocycles.